The zero-order valence-electron chi connectivity index (χ0n) is 9.18. The van der Waals surface area contributed by atoms with Gasteiger partial charge in [0, 0.05) is 18.0 Å². The van der Waals surface area contributed by atoms with Gasteiger partial charge in [0.2, 0.25) is 0 Å². The van der Waals surface area contributed by atoms with E-state index in [2.05, 4.69) is 4.98 Å². The minimum atomic E-state index is -0.539. The van der Waals surface area contributed by atoms with Crippen molar-refractivity contribution in [1.29, 1.82) is 0 Å². The molecule has 0 aliphatic carbocycles. The predicted molar refractivity (Wildman–Crippen MR) is 57.5 cm³/mol. The van der Waals surface area contributed by atoms with Crippen molar-refractivity contribution >= 4 is 0 Å². The third kappa shape index (κ3) is 2.36. The highest BCUT2D eigenvalue weighted by Crippen LogP contribution is 2.29. The third-order valence-electron chi connectivity index (χ3n) is 2.85. The minimum Gasteiger partial charge on any atom is -0.386 e. The molecular formula is C12H17NO2. The highest BCUT2D eigenvalue weighted by molar-refractivity contribution is 5.20. The number of hydrogen-bond donors (Lipinski definition) is 1. The molecular weight excluding hydrogens is 190 g/mol. The molecule has 82 valence electrons. The van der Waals surface area contributed by atoms with Gasteiger partial charge in [0.05, 0.1) is 12.2 Å². The fourth-order valence-corrected chi connectivity index (χ4v) is 2.02. The molecule has 0 spiro atoms. The standard InChI is InChI=1S/C12H17NO2/c1-8-5-10(7-13-6-8)12(14)11-4-3-9(2)15-11/h5-7,9,11-12,14H,3-4H2,1-2H3. The van der Waals surface area contributed by atoms with Gasteiger partial charge in [-0.25, -0.2) is 0 Å². The Morgan fingerprint density at radius 1 is 1.47 bits per heavy atom. The van der Waals surface area contributed by atoms with Crippen LogP contribution in [0.4, 0.5) is 0 Å². The normalized spacial score (nSPS) is 27.9. The zero-order chi connectivity index (χ0) is 10.8. The van der Waals surface area contributed by atoms with Gasteiger partial charge in [-0.05, 0) is 32.3 Å². The molecule has 3 nitrogen and oxygen atoms in total. The average molecular weight is 207 g/mol. The second kappa shape index (κ2) is 4.29. The summed E-state index contributed by atoms with van der Waals surface area (Å²) in [5.41, 5.74) is 1.92. The summed E-state index contributed by atoms with van der Waals surface area (Å²) < 4.78 is 5.64. The number of ether oxygens (including phenoxy) is 1. The van der Waals surface area contributed by atoms with Gasteiger partial charge < -0.3 is 9.84 Å². The van der Waals surface area contributed by atoms with Crippen LogP contribution in [0.25, 0.3) is 0 Å². The first kappa shape index (κ1) is 10.6. The van der Waals surface area contributed by atoms with Crippen molar-refractivity contribution in [2.45, 2.75) is 45.0 Å². The highest BCUT2D eigenvalue weighted by Gasteiger charge is 2.29. The number of aliphatic hydroxyl groups excluding tert-OH is 1. The van der Waals surface area contributed by atoms with Crippen LogP contribution < -0.4 is 0 Å². The van der Waals surface area contributed by atoms with E-state index in [4.69, 9.17) is 4.74 Å². The predicted octanol–water partition coefficient (Wildman–Crippen LogP) is 1.99. The summed E-state index contributed by atoms with van der Waals surface area (Å²) in [4.78, 5) is 4.08. The van der Waals surface area contributed by atoms with Crippen molar-refractivity contribution < 1.29 is 9.84 Å². The Kier molecular flexibility index (Phi) is 3.03. The number of aryl methyl sites for hydroxylation is 1. The maximum Gasteiger partial charge on any atom is 0.107 e. The molecule has 3 unspecified atom stereocenters. The van der Waals surface area contributed by atoms with Gasteiger partial charge in [0.15, 0.2) is 0 Å². The lowest BCUT2D eigenvalue weighted by Crippen LogP contribution is -2.18. The lowest BCUT2D eigenvalue weighted by atomic mass is 10.0. The Morgan fingerprint density at radius 3 is 2.87 bits per heavy atom. The number of aliphatic hydroxyl groups is 1. The maximum atomic E-state index is 10.1. The fraction of sp³-hybridized carbons (Fsp3) is 0.583. The lowest BCUT2D eigenvalue weighted by molar-refractivity contribution is -0.0298. The van der Waals surface area contributed by atoms with Crippen molar-refractivity contribution in [3.63, 3.8) is 0 Å². The molecule has 0 bridgehead atoms. The quantitative estimate of drug-likeness (QED) is 0.806. The molecule has 1 fully saturated rings. The zero-order valence-corrected chi connectivity index (χ0v) is 9.18. The molecule has 1 aliphatic heterocycles. The molecule has 1 N–H and O–H groups in total. The Hall–Kier alpha value is -0.930. The summed E-state index contributed by atoms with van der Waals surface area (Å²) in [5.74, 6) is 0. The smallest absolute Gasteiger partial charge is 0.107 e. The Bertz CT molecular complexity index is 340. The van der Waals surface area contributed by atoms with Crippen LogP contribution in [0.2, 0.25) is 0 Å². The van der Waals surface area contributed by atoms with Crippen LogP contribution in [0, 0.1) is 6.92 Å². The van der Waals surface area contributed by atoms with Gasteiger partial charge in [0.25, 0.3) is 0 Å². The van der Waals surface area contributed by atoms with E-state index in [1.165, 1.54) is 0 Å². The number of rotatable bonds is 2. The first-order valence-corrected chi connectivity index (χ1v) is 5.42. The second-order valence-corrected chi connectivity index (χ2v) is 4.30. The number of aromatic nitrogens is 1. The third-order valence-corrected chi connectivity index (χ3v) is 2.85. The first-order chi connectivity index (χ1) is 7.16. The molecule has 2 heterocycles. The van der Waals surface area contributed by atoms with Gasteiger partial charge in [-0.15, -0.1) is 0 Å². The maximum absolute atomic E-state index is 10.1. The Morgan fingerprint density at radius 2 is 2.27 bits per heavy atom. The van der Waals surface area contributed by atoms with Crippen LogP contribution in [0.5, 0.6) is 0 Å². The highest BCUT2D eigenvalue weighted by atomic mass is 16.5. The van der Waals surface area contributed by atoms with Crippen LogP contribution in [0.1, 0.15) is 37.0 Å². The number of hydrogen-bond acceptors (Lipinski definition) is 3. The van der Waals surface area contributed by atoms with Gasteiger partial charge in [-0.2, -0.15) is 0 Å². The van der Waals surface area contributed by atoms with Crippen LogP contribution >= 0.6 is 0 Å². The van der Waals surface area contributed by atoms with Crippen LogP contribution in [-0.4, -0.2) is 22.3 Å². The Balaban J connectivity index is 2.10. The summed E-state index contributed by atoms with van der Waals surface area (Å²) in [7, 11) is 0. The van der Waals surface area contributed by atoms with Gasteiger partial charge >= 0.3 is 0 Å². The summed E-state index contributed by atoms with van der Waals surface area (Å²) >= 11 is 0. The molecule has 1 aliphatic rings. The second-order valence-electron chi connectivity index (χ2n) is 4.30. The minimum absolute atomic E-state index is 0.0661. The van der Waals surface area contributed by atoms with Crippen LogP contribution in [0.15, 0.2) is 18.5 Å². The van der Waals surface area contributed by atoms with E-state index in [9.17, 15) is 5.11 Å². The number of pyridine rings is 1. The molecule has 2 rings (SSSR count). The van der Waals surface area contributed by atoms with E-state index in [1.807, 2.05) is 19.9 Å². The summed E-state index contributed by atoms with van der Waals surface area (Å²) in [6.45, 7) is 4.02. The SMILES string of the molecule is Cc1cncc(C(O)C2CCC(C)O2)c1. The topological polar surface area (TPSA) is 42.4 Å². The van der Waals surface area contributed by atoms with Gasteiger partial charge in [-0.1, -0.05) is 6.07 Å². The van der Waals surface area contributed by atoms with Crippen molar-refractivity contribution in [3.8, 4) is 0 Å². The van der Waals surface area contributed by atoms with Crippen molar-refractivity contribution in [3.05, 3.63) is 29.6 Å². The van der Waals surface area contributed by atoms with Crippen molar-refractivity contribution in [2.24, 2.45) is 0 Å². The molecule has 3 heteroatoms. The summed E-state index contributed by atoms with van der Waals surface area (Å²) in [5, 5.41) is 10.1. The molecule has 1 aromatic rings. The van der Waals surface area contributed by atoms with Crippen molar-refractivity contribution in [1.82, 2.24) is 4.98 Å². The fourth-order valence-electron chi connectivity index (χ4n) is 2.02. The molecule has 3 atom stereocenters. The molecule has 0 amide bonds. The van der Waals surface area contributed by atoms with Crippen LogP contribution in [-0.2, 0) is 4.74 Å². The largest absolute Gasteiger partial charge is 0.386 e. The molecule has 0 saturated carbocycles. The molecule has 1 saturated heterocycles. The molecule has 15 heavy (non-hydrogen) atoms. The van der Waals surface area contributed by atoms with E-state index < -0.39 is 6.10 Å². The Labute approximate surface area is 90.1 Å². The first-order valence-electron chi connectivity index (χ1n) is 5.42. The molecule has 1 aromatic heterocycles. The van der Waals surface area contributed by atoms with Gasteiger partial charge in [-0.3, -0.25) is 4.98 Å². The monoisotopic (exact) mass is 207 g/mol. The van der Waals surface area contributed by atoms with E-state index in [1.54, 1.807) is 12.4 Å². The summed E-state index contributed by atoms with van der Waals surface area (Å²) in [6.07, 6.45) is 5.11. The average Bonchev–Trinajstić information content (AvgIpc) is 2.64. The van der Waals surface area contributed by atoms with E-state index in [0.717, 1.165) is 24.0 Å². The van der Waals surface area contributed by atoms with Crippen molar-refractivity contribution in [2.75, 3.05) is 0 Å². The van der Waals surface area contributed by atoms with E-state index in [0.29, 0.717) is 0 Å². The van der Waals surface area contributed by atoms with E-state index >= 15 is 0 Å². The lowest BCUT2D eigenvalue weighted by Gasteiger charge is -2.18. The molecule has 0 radical (unpaired) electrons. The molecule has 0 aromatic carbocycles. The van der Waals surface area contributed by atoms with Crippen LogP contribution in [0.3, 0.4) is 0 Å². The van der Waals surface area contributed by atoms with E-state index in [-0.39, 0.29) is 12.2 Å². The number of nitrogens with zero attached hydrogens (tertiary/aromatic N) is 1. The van der Waals surface area contributed by atoms with Gasteiger partial charge in [0.1, 0.15) is 6.10 Å². The summed E-state index contributed by atoms with van der Waals surface area (Å²) in [6, 6.07) is 1.96.